The first-order valence-corrected chi connectivity index (χ1v) is 6.71. The molecule has 0 radical (unpaired) electrons. The van der Waals surface area contributed by atoms with E-state index >= 15 is 0 Å². The summed E-state index contributed by atoms with van der Waals surface area (Å²) < 4.78 is 13.9. The molecule has 4 nitrogen and oxygen atoms in total. The highest BCUT2D eigenvalue weighted by Crippen LogP contribution is 2.11. The highest BCUT2D eigenvalue weighted by Gasteiger charge is 2.06. The minimum absolute atomic E-state index is 0.157. The fourth-order valence-corrected chi connectivity index (χ4v) is 1.57. The van der Waals surface area contributed by atoms with Crippen molar-refractivity contribution < 1.29 is 9.18 Å². The van der Waals surface area contributed by atoms with Gasteiger partial charge in [0.25, 0.3) is 0 Å². The van der Waals surface area contributed by atoms with Gasteiger partial charge >= 0.3 is 6.03 Å². The van der Waals surface area contributed by atoms with Crippen molar-refractivity contribution in [3.63, 3.8) is 0 Å². The van der Waals surface area contributed by atoms with E-state index in [0.29, 0.717) is 17.7 Å². The zero-order valence-electron chi connectivity index (χ0n) is 12.3. The van der Waals surface area contributed by atoms with Gasteiger partial charge in [-0.3, -0.25) is 4.98 Å². The van der Waals surface area contributed by atoms with Crippen LogP contribution in [0.15, 0.2) is 54.5 Å². The summed E-state index contributed by atoms with van der Waals surface area (Å²) in [7, 11) is 0. The van der Waals surface area contributed by atoms with E-state index < -0.39 is 6.03 Å². The maximum Gasteiger partial charge on any atom is 0.319 e. The Morgan fingerprint density at radius 1 is 1.48 bits per heavy atom. The van der Waals surface area contributed by atoms with Crippen molar-refractivity contribution in [1.82, 2.24) is 10.3 Å². The summed E-state index contributed by atoms with van der Waals surface area (Å²) in [6.07, 6.45) is 6.97. The Hall–Kier alpha value is -2.43. The number of aryl methyl sites for hydroxylation is 1. The smallest absolute Gasteiger partial charge is 0.319 e. The van der Waals surface area contributed by atoms with Crippen LogP contribution in [0.5, 0.6) is 0 Å². The van der Waals surface area contributed by atoms with Crippen molar-refractivity contribution in [2.45, 2.75) is 20.3 Å². The minimum atomic E-state index is -0.473. The second-order valence-corrected chi connectivity index (χ2v) is 4.37. The van der Waals surface area contributed by atoms with Gasteiger partial charge in [-0.05, 0) is 31.1 Å². The molecule has 0 aliphatic rings. The van der Waals surface area contributed by atoms with Gasteiger partial charge in [-0.25, -0.2) is 9.18 Å². The van der Waals surface area contributed by atoms with Crippen LogP contribution < -0.4 is 10.6 Å². The van der Waals surface area contributed by atoms with Gasteiger partial charge < -0.3 is 10.6 Å². The molecule has 0 aliphatic heterocycles. The molecule has 112 valence electrons. The number of carbonyl (C=O) groups excluding carboxylic acids is 1. The molecule has 0 aromatic carbocycles. The minimum Gasteiger partial charge on any atom is -0.331 e. The van der Waals surface area contributed by atoms with Crippen molar-refractivity contribution >= 4 is 11.7 Å². The lowest BCUT2D eigenvalue weighted by Gasteiger charge is -2.08. The fraction of sp³-hybridized carbons (Fsp3) is 0.250. The lowest BCUT2D eigenvalue weighted by Crippen LogP contribution is -2.30. The molecule has 0 aliphatic carbocycles. The lowest BCUT2D eigenvalue weighted by atomic mass is 10.1. The van der Waals surface area contributed by atoms with Crippen molar-refractivity contribution in [3.05, 3.63) is 60.2 Å². The summed E-state index contributed by atoms with van der Waals surface area (Å²) in [5.41, 5.74) is 1.95. The van der Waals surface area contributed by atoms with Crippen LogP contribution in [0.4, 0.5) is 14.9 Å². The number of nitrogens with one attached hydrogen (secondary N) is 2. The Morgan fingerprint density at radius 2 is 2.24 bits per heavy atom. The molecule has 2 N–H and O–H groups in total. The van der Waals surface area contributed by atoms with Gasteiger partial charge in [-0.2, -0.15) is 0 Å². The topological polar surface area (TPSA) is 54.0 Å². The van der Waals surface area contributed by atoms with Crippen molar-refractivity contribution in [2.75, 3.05) is 11.9 Å². The number of rotatable bonds is 6. The van der Waals surface area contributed by atoms with Gasteiger partial charge in [-0.1, -0.05) is 31.7 Å². The van der Waals surface area contributed by atoms with Gasteiger partial charge in [0.05, 0.1) is 18.4 Å². The number of allylic oxidation sites excluding steroid dienone is 4. The van der Waals surface area contributed by atoms with E-state index in [9.17, 15) is 9.18 Å². The molecule has 1 aromatic rings. The van der Waals surface area contributed by atoms with Crippen LogP contribution in [0.3, 0.4) is 0 Å². The van der Waals surface area contributed by atoms with E-state index in [0.717, 1.165) is 5.69 Å². The monoisotopic (exact) mass is 289 g/mol. The number of amides is 2. The van der Waals surface area contributed by atoms with E-state index in [2.05, 4.69) is 22.2 Å². The van der Waals surface area contributed by atoms with Crippen LogP contribution in [-0.4, -0.2) is 17.6 Å². The number of carbonyl (C=O) groups is 1. The van der Waals surface area contributed by atoms with Crippen LogP contribution in [0.25, 0.3) is 0 Å². The predicted octanol–water partition coefficient (Wildman–Crippen LogP) is 3.89. The average Bonchev–Trinajstić information content (AvgIpc) is 2.48. The molecule has 0 fully saturated rings. The number of aromatic nitrogens is 1. The van der Waals surface area contributed by atoms with E-state index in [1.54, 1.807) is 36.6 Å². The molecule has 21 heavy (non-hydrogen) atoms. The first-order chi connectivity index (χ1) is 10.1. The molecule has 1 heterocycles. The first-order valence-electron chi connectivity index (χ1n) is 6.71. The highest BCUT2D eigenvalue weighted by molar-refractivity contribution is 5.89. The second kappa shape index (κ2) is 8.68. The molecule has 0 spiro atoms. The van der Waals surface area contributed by atoms with Gasteiger partial charge in [0, 0.05) is 5.69 Å². The Kier molecular flexibility index (Phi) is 6.87. The third-order valence-electron chi connectivity index (χ3n) is 2.74. The lowest BCUT2D eigenvalue weighted by molar-refractivity contribution is 0.252. The molecule has 0 bridgehead atoms. The van der Waals surface area contributed by atoms with Gasteiger partial charge in [0.1, 0.15) is 5.83 Å². The zero-order valence-corrected chi connectivity index (χ0v) is 12.3. The summed E-state index contributed by atoms with van der Waals surface area (Å²) in [5, 5.41) is 5.05. The summed E-state index contributed by atoms with van der Waals surface area (Å²) in [6, 6.07) is 3.04. The van der Waals surface area contributed by atoms with Gasteiger partial charge in [0.15, 0.2) is 0 Å². The standard InChI is InChI=1S/C16H20FN3O/c1-4-6-7-13(5-2)15(17)11-19-16(21)20-14-9-8-12(3)18-10-14/h4,6-10H,1,5,11H2,2-3H3,(H2,19,20,21)/b7-6-,15-13+. The Labute approximate surface area is 124 Å². The maximum atomic E-state index is 13.9. The summed E-state index contributed by atoms with van der Waals surface area (Å²) in [6.45, 7) is 7.08. The third-order valence-corrected chi connectivity index (χ3v) is 2.74. The molecule has 1 aromatic heterocycles. The molecule has 1 rings (SSSR count). The SMILES string of the molecule is C=C/C=C\C(CC)=C(\F)CNC(=O)Nc1ccc(C)nc1. The summed E-state index contributed by atoms with van der Waals surface area (Å²) in [5.74, 6) is -0.368. The third kappa shape index (κ3) is 6.03. The van der Waals surface area contributed by atoms with Crippen molar-refractivity contribution in [1.29, 1.82) is 0 Å². The normalized spacial score (nSPS) is 12.0. The molecule has 0 saturated heterocycles. The fourth-order valence-electron chi connectivity index (χ4n) is 1.57. The molecule has 5 heteroatoms. The quantitative estimate of drug-likeness (QED) is 0.781. The van der Waals surface area contributed by atoms with E-state index in [4.69, 9.17) is 0 Å². The van der Waals surface area contributed by atoms with Crippen molar-refractivity contribution in [3.8, 4) is 0 Å². The summed E-state index contributed by atoms with van der Waals surface area (Å²) >= 11 is 0. The maximum absolute atomic E-state index is 13.9. The second-order valence-electron chi connectivity index (χ2n) is 4.37. The first kappa shape index (κ1) is 16.6. The number of pyridine rings is 1. The highest BCUT2D eigenvalue weighted by atomic mass is 19.1. The Balaban J connectivity index is 2.55. The van der Waals surface area contributed by atoms with Crippen molar-refractivity contribution in [2.24, 2.45) is 0 Å². The van der Waals surface area contributed by atoms with Crippen LogP contribution in [0.1, 0.15) is 19.0 Å². The van der Waals surface area contributed by atoms with E-state index in [1.807, 2.05) is 13.8 Å². The number of urea groups is 1. The largest absolute Gasteiger partial charge is 0.331 e. The number of hydrogen-bond donors (Lipinski definition) is 2. The van der Waals surface area contributed by atoms with Crippen LogP contribution in [0, 0.1) is 6.92 Å². The Bertz CT molecular complexity index is 547. The van der Waals surface area contributed by atoms with Crippen LogP contribution >= 0.6 is 0 Å². The molecule has 0 unspecified atom stereocenters. The van der Waals surface area contributed by atoms with E-state index in [-0.39, 0.29) is 12.4 Å². The number of halogens is 1. The zero-order chi connectivity index (χ0) is 15.7. The van der Waals surface area contributed by atoms with E-state index in [1.165, 1.54) is 0 Å². The summed E-state index contributed by atoms with van der Waals surface area (Å²) in [4.78, 5) is 15.7. The van der Waals surface area contributed by atoms with Gasteiger partial charge in [0.2, 0.25) is 0 Å². The van der Waals surface area contributed by atoms with Crippen LogP contribution in [-0.2, 0) is 0 Å². The predicted molar refractivity (Wildman–Crippen MR) is 83.8 cm³/mol. The number of nitrogens with zero attached hydrogens (tertiary/aromatic N) is 1. The van der Waals surface area contributed by atoms with Gasteiger partial charge in [-0.15, -0.1) is 0 Å². The van der Waals surface area contributed by atoms with Crippen LogP contribution in [0.2, 0.25) is 0 Å². The molecule has 0 atom stereocenters. The number of anilines is 1. The molecular formula is C16H20FN3O. The average molecular weight is 289 g/mol. The Morgan fingerprint density at radius 3 is 2.81 bits per heavy atom. The molecular weight excluding hydrogens is 269 g/mol. The molecule has 0 saturated carbocycles. The number of hydrogen-bond acceptors (Lipinski definition) is 2. The molecule has 2 amide bonds.